The molecular formula is C23H21ClN2O2. The Bertz CT molecular complexity index is 1010. The maximum atomic E-state index is 13.3. The highest BCUT2D eigenvalue weighted by molar-refractivity contribution is 6.31. The van der Waals surface area contributed by atoms with Crippen LogP contribution in [0.2, 0.25) is 5.02 Å². The summed E-state index contributed by atoms with van der Waals surface area (Å²) in [6.45, 7) is 0.605. The summed E-state index contributed by atoms with van der Waals surface area (Å²) in [4.78, 5) is 15.1. The Balaban J connectivity index is 1.73. The van der Waals surface area contributed by atoms with Crippen LogP contribution in [-0.4, -0.2) is 24.6 Å². The number of carbonyl (C=O) groups excluding carboxylic acids is 1. The Morgan fingerprint density at radius 3 is 2.46 bits per heavy atom. The molecule has 4 nitrogen and oxygen atoms in total. The van der Waals surface area contributed by atoms with E-state index in [1.807, 2.05) is 65.6 Å². The molecule has 0 aromatic heterocycles. The van der Waals surface area contributed by atoms with Crippen molar-refractivity contribution in [1.29, 1.82) is 0 Å². The summed E-state index contributed by atoms with van der Waals surface area (Å²) in [6.07, 6.45) is 0.802. The largest absolute Gasteiger partial charge is 0.495 e. The fourth-order valence-corrected chi connectivity index (χ4v) is 3.99. The predicted molar refractivity (Wildman–Crippen MR) is 112 cm³/mol. The predicted octanol–water partition coefficient (Wildman–Crippen LogP) is 5.53. The first-order chi connectivity index (χ1) is 13.7. The molecule has 1 atom stereocenters. The van der Waals surface area contributed by atoms with Crippen LogP contribution in [0.15, 0.2) is 72.8 Å². The molecule has 1 aliphatic heterocycles. The van der Waals surface area contributed by atoms with E-state index in [1.54, 1.807) is 7.11 Å². The molecule has 3 aromatic rings. The van der Waals surface area contributed by atoms with Crippen molar-refractivity contribution in [3.05, 3.63) is 94.5 Å². The second-order valence-electron chi connectivity index (χ2n) is 6.70. The molecule has 0 aliphatic carbocycles. The van der Waals surface area contributed by atoms with E-state index in [-0.39, 0.29) is 12.1 Å². The van der Waals surface area contributed by atoms with Gasteiger partial charge in [0.1, 0.15) is 5.75 Å². The first-order valence-electron chi connectivity index (χ1n) is 9.22. The fraction of sp³-hybridized carbons (Fsp3) is 0.174. The molecule has 0 radical (unpaired) electrons. The second kappa shape index (κ2) is 7.95. The Morgan fingerprint density at radius 1 is 1.00 bits per heavy atom. The normalized spacial score (nSPS) is 15.6. The lowest BCUT2D eigenvalue weighted by molar-refractivity contribution is 0.194. The minimum atomic E-state index is -0.242. The zero-order valence-electron chi connectivity index (χ0n) is 15.6. The van der Waals surface area contributed by atoms with Gasteiger partial charge in [-0.1, -0.05) is 66.2 Å². The molecule has 142 valence electrons. The van der Waals surface area contributed by atoms with Gasteiger partial charge in [-0.25, -0.2) is 4.79 Å². The van der Waals surface area contributed by atoms with Crippen LogP contribution in [0.5, 0.6) is 5.75 Å². The van der Waals surface area contributed by atoms with E-state index in [1.165, 1.54) is 5.56 Å². The summed E-state index contributed by atoms with van der Waals surface area (Å²) in [6, 6.07) is 22.9. The summed E-state index contributed by atoms with van der Waals surface area (Å²) in [5, 5.41) is 3.65. The van der Waals surface area contributed by atoms with Crippen LogP contribution in [0, 0.1) is 0 Å². The molecule has 0 spiro atoms. The summed E-state index contributed by atoms with van der Waals surface area (Å²) in [5.41, 5.74) is 3.92. The molecule has 28 heavy (non-hydrogen) atoms. The number of methoxy groups -OCH3 is 1. The van der Waals surface area contributed by atoms with E-state index < -0.39 is 0 Å². The molecule has 1 aliphatic rings. The Hall–Kier alpha value is -2.98. The lowest BCUT2D eigenvalue weighted by atomic mass is 9.88. The third-order valence-corrected chi connectivity index (χ3v) is 5.44. The van der Waals surface area contributed by atoms with Gasteiger partial charge in [-0.05, 0) is 41.3 Å². The quantitative estimate of drug-likeness (QED) is 0.636. The Morgan fingerprint density at radius 2 is 1.68 bits per heavy atom. The average molecular weight is 393 g/mol. The van der Waals surface area contributed by atoms with Crippen LogP contribution in [0.1, 0.15) is 22.7 Å². The number of benzene rings is 3. The van der Waals surface area contributed by atoms with Gasteiger partial charge in [-0.3, -0.25) is 0 Å². The summed E-state index contributed by atoms with van der Waals surface area (Å²) in [7, 11) is 1.59. The van der Waals surface area contributed by atoms with Gasteiger partial charge in [0, 0.05) is 11.6 Å². The van der Waals surface area contributed by atoms with Crippen molar-refractivity contribution in [3.63, 3.8) is 0 Å². The topological polar surface area (TPSA) is 41.6 Å². The van der Waals surface area contributed by atoms with Crippen LogP contribution in [0.3, 0.4) is 0 Å². The highest BCUT2D eigenvalue weighted by Gasteiger charge is 2.33. The van der Waals surface area contributed by atoms with Gasteiger partial charge in [0.25, 0.3) is 0 Å². The number of amides is 2. The maximum absolute atomic E-state index is 13.3. The molecule has 2 amide bonds. The lowest BCUT2D eigenvalue weighted by Gasteiger charge is -2.38. The van der Waals surface area contributed by atoms with Crippen LogP contribution >= 0.6 is 11.6 Å². The first-order valence-corrected chi connectivity index (χ1v) is 9.59. The number of nitrogens with zero attached hydrogens (tertiary/aromatic N) is 1. The molecule has 5 heteroatoms. The highest BCUT2D eigenvalue weighted by Crippen LogP contribution is 2.38. The van der Waals surface area contributed by atoms with Crippen LogP contribution in [0.25, 0.3) is 0 Å². The number of para-hydroxylation sites is 2. The van der Waals surface area contributed by atoms with Gasteiger partial charge in [-0.2, -0.15) is 0 Å². The molecule has 0 bridgehead atoms. The zero-order valence-corrected chi connectivity index (χ0v) is 16.3. The van der Waals surface area contributed by atoms with Crippen LogP contribution in [-0.2, 0) is 6.42 Å². The molecule has 0 unspecified atom stereocenters. The highest BCUT2D eigenvalue weighted by atomic mass is 35.5. The zero-order chi connectivity index (χ0) is 19.5. The number of anilines is 1. The number of fused-ring (bicyclic) bond motifs is 1. The first kappa shape index (κ1) is 18.4. The third kappa shape index (κ3) is 3.43. The van der Waals surface area contributed by atoms with Gasteiger partial charge in [0.05, 0.1) is 18.8 Å². The SMILES string of the molecule is COc1ccccc1NC(=O)N1CCc2ccccc2[C@H]1c1ccccc1Cl. The van der Waals surface area contributed by atoms with Crippen molar-refractivity contribution in [3.8, 4) is 5.75 Å². The van der Waals surface area contributed by atoms with Gasteiger partial charge >= 0.3 is 6.03 Å². The molecule has 4 rings (SSSR count). The third-order valence-electron chi connectivity index (χ3n) is 5.09. The molecular weight excluding hydrogens is 372 g/mol. The average Bonchev–Trinajstić information content (AvgIpc) is 2.74. The molecule has 1 N–H and O–H groups in total. The Labute approximate surface area is 169 Å². The standard InChI is InChI=1S/C23H21ClN2O2/c1-28-21-13-7-6-12-20(21)25-23(27)26-15-14-16-8-2-3-9-17(16)22(26)18-10-4-5-11-19(18)24/h2-13,22H,14-15H2,1H3,(H,25,27)/t22-/m0/s1. The molecule has 0 saturated carbocycles. The van der Waals surface area contributed by atoms with E-state index >= 15 is 0 Å². The second-order valence-corrected chi connectivity index (χ2v) is 7.10. The summed E-state index contributed by atoms with van der Waals surface area (Å²) >= 11 is 6.52. The van der Waals surface area contributed by atoms with Gasteiger partial charge in [-0.15, -0.1) is 0 Å². The fourth-order valence-electron chi connectivity index (χ4n) is 3.75. The van der Waals surface area contributed by atoms with Crippen LogP contribution in [0.4, 0.5) is 10.5 Å². The van der Waals surface area contributed by atoms with Gasteiger partial charge in [0.2, 0.25) is 0 Å². The molecule has 1 heterocycles. The van der Waals surface area contributed by atoms with E-state index in [4.69, 9.17) is 16.3 Å². The minimum absolute atomic E-state index is 0.177. The van der Waals surface area contributed by atoms with Crippen molar-refractivity contribution < 1.29 is 9.53 Å². The van der Waals surface area contributed by atoms with Crippen molar-refractivity contribution in [2.45, 2.75) is 12.5 Å². The molecule has 3 aromatic carbocycles. The summed E-state index contributed by atoms with van der Waals surface area (Å²) < 4.78 is 5.37. The van der Waals surface area contributed by atoms with Crippen molar-refractivity contribution >= 4 is 23.3 Å². The van der Waals surface area contributed by atoms with Gasteiger partial charge in [0.15, 0.2) is 0 Å². The number of ether oxygens (including phenoxy) is 1. The number of nitrogens with one attached hydrogen (secondary N) is 1. The van der Waals surface area contributed by atoms with Crippen LogP contribution < -0.4 is 10.1 Å². The van der Waals surface area contributed by atoms with Crippen molar-refractivity contribution in [2.75, 3.05) is 19.0 Å². The number of hydrogen-bond donors (Lipinski definition) is 1. The number of urea groups is 1. The number of halogens is 1. The minimum Gasteiger partial charge on any atom is -0.495 e. The lowest BCUT2D eigenvalue weighted by Crippen LogP contribution is -2.43. The van der Waals surface area contributed by atoms with Crippen molar-refractivity contribution in [1.82, 2.24) is 4.90 Å². The van der Waals surface area contributed by atoms with E-state index in [2.05, 4.69) is 17.4 Å². The van der Waals surface area contributed by atoms with E-state index in [0.29, 0.717) is 23.0 Å². The van der Waals surface area contributed by atoms with Gasteiger partial charge < -0.3 is 15.0 Å². The maximum Gasteiger partial charge on any atom is 0.322 e. The molecule has 0 saturated heterocycles. The van der Waals surface area contributed by atoms with Crippen molar-refractivity contribution in [2.24, 2.45) is 0 Å². The van der Waals surface area contributed by atoms with E-state index in [0.717, 1.165) is 17.5 Å². The Kier molecular flexibility index (Phi) is 5.22. The summed E-state index contributed by atoms with van der Waals surface area (Å²) in [5.74, 6) is 0.627. The monoisotopic (exact) mass is 392 g/mol. The number of rotatable bonds is 3. The number of hydrogen-bond acceptors (Lipinski definition) is 2. The number of carbonyl (C=O) groups is 1. The smallest absolute Gasteiger partial charge is 0.322 e. The molecule has 0 fully saturated rings. The van der Waals surface area contributed by atoms with E-state index in [9.17, 15) is 4.79 Å².